The third-order valence-electron chi connectivity index (χ3n) is 6.28. The molecule has 1 N–H and O–H groups in total. The number of anilines is 1. The number of nitrogens with one attached hydrogen (secondary N) is 1. The Bertz CT molecular complexity index is 1430. The Labute approximate surface area is 205 Å². The van der Waals surface area contributed by atoms with Crippen molar-refractivity contribution in [1.29, 1.82) is 0 Å². The maximum Gasteiger partial charge on any atom is 0.243 e. The van der Waals surface area contributed by atoms with E-state index in [1.165, 1.54) is 4.31 Å². The van der Waals surface area contributed by atoms with Crippen LogP contribution in [0.5, 0.6) is 11.5 Å². The summed E-state index contributed by atoms with van der Waals surface area (Å²) in [6.07, 6.45) is 0.960. The Hall–Kier alpha value is -3.68. The van der Waals surface area contributed by atoms with Crippen molar-refractivity contribution in [3.63, 3.8) is 0 Å². The number of sulfonamides is 1. The predicted octanol–water partition coefficient (Wildman–Crippen LogP) is 5.67. The number of hydrogen-bond donors (Lipinski definition) is 1. The van der Waals surface area contributed by atoms with Gasteiger partial charge in [0.25, 0.3) is 0 Å². The number of piperidine rings is 1. The standard InChI is InChI=1S/C28H26N2O4S/c31-28(29-24-11-13-26(14-12-24)34-25-8-2-1-3-9-25)22-16-18-30(19-17-22)35(32,33)27-15-10-21-6-4-5-7-23(21)20-27/h1-15,20,22H,16-19H2,(H,29,31). The molecule has 0 radical (unpaired) electrons. The molecule has 1 aliphatic rings. The molecule has 6 nitrogen and oxygen atoms in total. The van der Waals surface area contributed by atoms with Crippen molar-refractivity contribution in [3.8, 4) is 11.5 Å². The van der Waals surface area contributed by atoms with Crippen molar-refractivity contribution in [2.45, 2.75) is 17.7 Å². The molecule has 4 aromatic carbocycles. The first-order valence-electron chi connectivity index (χ1n) is 11.6. The minimum absolute atomic E-state index is 0.0931. The summed E-state index contributed by atoms with van der Waals surface area (Å²) in [5.74, 6) is 1.10. The van der Waals surface area contributed by atoms with E-state index in [9.17, 15) is 13.2 Å². The van der Waals surface area contributed by atoms with E-state index in [0.29, 0.717) is 37.4 Å². The summed E-state index contributed by atoms with van der Waals surface area (Å²) in [7, 11) is -3.60. The summed E-state index contributed by atoms with van der Waals surface area (Å²) >= 11 is 0. The van der Waals surface area contributed by atoms with Crippen molar-refractivity contribution < 1.29 is 17.9 Å². The Morgan fingerprint density at radius 1 is 0.771 bits per heavy atom. The van der Waals surface area contributed by atoms with Gasteiger partial charge >= 0.3 is 0 Å². The van der Waals surface area contributed by atoms with Crippen molar-refractivity contribution >= 4 is 32.4 Å². The largest absolute Gasteiger partial charge is 0.457 e. The molecule has 0 spiro atoms. The molecule has 0 atom stereocenters. The fraction of sp³-hybridized carbons (Fsp3) is 0.179. The topological polar surface area (TPSA) is 75.7 Å². The van der Waals surface area contributed by atoms with Gasteiger partial charge in [-0.05, 0) is 72.1 Å². The van der Waals surface area contributed by atoms with Crippen molar-refractivity contribution in [2.24, 2.45) is 5.92 Å². The Balaban J connectivity index is 1.18. The molecule has 7 heteroatoms. The minimum atomic E-state index is -3.60. The number of nitrogens with zero attached hydrogens (tertiary/aromatic N) is 1. The Morgan fingerprint density at radius 2 is 1.40 bits per heavy atom. The van der Waals surface area contributed by atoms with Gasteiger partial charge in [-0.2, -0.15) is 4.31 Å². The van der Waals surface area contributed by atoms with Crippen molar-refractivity contribution in [1.82, 2.24) is 4.31 Å². The monoisotopic (exact) mass is 486 g/mol. The number of rotatable bonds is 6. The second kappa shape index (κ2) is 9.90. The zero-order valence-electron chi connectivity index (χ0n) is 19.1. The van der Waals surface area contributed by atoms with Crippen LogP contribution in [0.2, 0.25) is 0 Å². The second-order valence-electron chi connectivity index (χ2n) is 8.62. The van der Waals surface area contributed by atoms with Crippen LogP contribution in [0, 0.1) is 5.92 Å². The number of carbonyl (C=O) groups is 1. The third-order valence-corrected chi connectivity index (χ3v) is 8.18. The lowest BCUT2D eigenvalue weighted by atomic mass is 9.97. The molecule has 4 aromatic rings. The Morgan fingerprint density at radius 3 is 2.11 bits per heavy atom. The van der Waals surface area contributed by atoms with Crippen LogP contribution in [0.4, 0.5) is 5.69 Å². The van der Waals surface area contributed by atoms with Gasteiger partial charge in [0.15, 0.2) is 0 Å². The number of carbonyl (C=O) groups excluding carboxylic acids is 1. The maximum atomic E-state index is 13.2. The number of benzene rings is 4. The van der Waals surface area contributed by atoms with E-state index in [1.807, 2.05) is 60.7 Å². The SMILES string of the molecule is O=C(Nc1ccc(Oc2ccccc2)cc1)C1CCN(S(=O)(=O)c2ccc3ccccc3c2)CC1. The van der Waals surface area contributed by atoms with E-state index in [4.69, 9.17) is 4.74 Å². The van der Waals surface area contributed by atoms with Crippen LogP contribution < -0.4 is 10.1 Å². The lowest BCUT2D eigenvalue weighted by Crippen LogP contribution is -2.41. The van der Waals surface area contributed by atoms with Gasteiger partial charge < -0.3 is 10.1 Å². The number of para-hydroxylation sites is 1. The summed E-state index contributed by atoms with van der Waals surface area (Å²) < 4.78 is 33.6. The van der Waals surface area contributed by atoms with Crippen LogP contribution >= 0.6 is 0 Å². The van der Waals surface area contributed by atoms with Gasteiger partial charge in [-0.1, -0.05) is 48.5 Å². The quantitative estimate of drug-likeness (QED) is 0.381. The van der Waals surface area contributed by atoms with Gasteiger partial charge in [0.05, 0.1) is 4.90 Å². The van der Waals surface area contributed by atoms with E-state index >= 15 is 0 Å². The van der Waals surface area contributed by atoms with E-state index < -0.39 is 10.0 Å². The number of hydrogen-bond acceptors (Lipinski definition) is 4. The first-order chi connectivity index (χ1) is 17.0. The van der Waals surface area contributed by atoms with E-state index in [-0.39, 0.29) is 16.7 Å². The number of ether oxygens (including phenoxy) is 1. The zero-order chi connectivity index (χ0) is 24.3. The fourth-order valence-corrected chi connectivity index (χ4v) is 5.82. The summed E-state index contributed by atoms with van der Waals surface area (Å²) in [6, 6.07) is 29.6. The maximum absolute atomic E-state index is 13.2. The summed E-state index contributed by atoms with van der Waals surface area (Å²) in [5.41, 5.74) is 0.682. The van der Waals surface area contributed by atoms with Gasteiger partial charge in [-0.15, -0.1) is 0 Å². The molecule has 1 aliphatic heterocycles. The molecular formula is C28H26N2O4S. The molecule has 0 saturated carbocycles. The van der Waals surface area contributed by atoms with E-state index in [1.54, 1.807) is 36.4 Å². The first-order valence-corrected chi connectivity index (χ1v) is 13.1. The molecule has 0 bridgehead atoms. The van der Waals surface area contributed by atoms with E-state index in [0.717, 1.165) is 16.5 Å². The molecule has 0 unspecified atom stereocenters. The normalized spacial score (nSPS) is 15.1. The van der Waals surface area contributed by atoms with Crippen molar-refractivity contribution in [3.05, 3.63) is 97.1 Å². The molecule has 1 fully saturated rings. The first kappa shape index (κ1) is 23.1. The van der Waals surface area contributed by atoms with Gasteiger partial charge in [0.2, 0.25) is 15.9 Å². The predicted molar refractivity (Wildman–Crippen MR) is 137 cm³/mol. The summed E-state index contributed by atoms with van der Waals surface area (Å²) in [5, 5.41) is 4.84. The number of fused-ring (bicyclic) bond motifs is 1. The highest BCUT2D eigenvalue weighted by Gasteiger charge is 2.32. The smallest absolute Gasteiger partial charge is 0.243 e. The lowest BCUT2D eigenvalue weighted by Gasteiger charge is -2.30. The second-order valence-corrected chi connectivity index (χ2v) is 10.6. The molecule has 178 valence electrons. The molecule has 5 rings (SSSR count). The minimum Gasteiger partial charge on any atom is -0.457 e. The van der Waals surface area contributed by atoms with Crippen LogP contribution in [-0.2, 0) is 14.8 Å². The van der Waals surface area contributed by atoms with Crippen LogP contribution in [0.1, 0.15) is 12.8 Å². The van der Waals surface area contributed by atoms with Crippen LogP contribution in [0.25, 0.3) is 10.8 Å². The highest BCUT2D eigenvalue weighted by atomic mass is 32.2. The van der Waals surface area contributed by atoms with Gasteiger partial charge in [-0.3, -0.25) is 4.79 Å². The summed E-state index contributed by atoms with van der Waals surface area (Å²) in [6.45, 7) is 0.633. The van der Waals surface area contributed by atoms with Gasteiger partial charge in [0.1, 0.15) is 11.5 Å². The van der Waals surface area contributed by atoms with Crippen molar-refractivity contribution in [2.75, 3.05) is 18.4 Å². The molecule has 1 amide bonds. The van der Waals surface area contributed by atoms with Gasteiger partial charge in [0, 0.05) is 24.7 Å². The average Bonchev–Trinajstić information content (AvgIpc) is 2.90. The van der Waals surface area contributed by atoms with E-state index in [2.05, 4.69) is 5.32 Å². The summed E-state index contributed by atoms with van der Waals surface area (Å²) in [4.78, 5) is 13.1. The number of amides is 1. The lowest BCUT2D eigenvalue weighted by molar-refractivity contribution is -0.120. The average molecular weight is 487 g/mol. The molecule has 1 heterocycles. The zero-order valence-corrected chi connectivity index (χ0v) is 19.9. The molecule has 0 aliphatic carbocycles. The van der Waals surface area contributed by atoms with Gasteiger partial charge in [-0.25, -0.2) is 8.42 Å². The van der Waals surface area contributed by atoms with Crippen LogP contribution in [0.3, 0.4) is 0 Å². The van der Waals surface area contributed by atoms with Crippen LogP contribution in [0.15, 0.2) is 102 Å². The third kappa shape index (κ3) is 5.21. The van der Waals surface area contributed by atoms with Crippen LogP contribution in [-0.4, -0.2) is 31.7 Å². The fourth-order valence-electron chi connectivity index (χ4n) is 4.31. The highest BCUT2D eigenvalue weighted by molar-refractivity contribution is 7.89. The molecule has 35 heavy (non-hydrogen) atoms. The molecule has 0 aromatic heterocycles. The Kier molecular flexibility index (Phi) is 6.53. The molecular weight excluding hydrogens is 460 g/mol. The highest BCUT2D eigenvalue weighted by Crippen LogP contribution is 2.28. The molecule has 1 saturated heterocycles.